The number of hydrogen-bond donors (Lipinski definition) is 0. The zero-order valence-corrected chi connectivity index (χ0v) is 11.8. The van der Waals surface area contributed by atoms with Crippen molar-refractivity contribution < 1.29 is 17.9 Å². The van der Waals surface area contributed by atoms with Gasteiger partial charge in [-0.25, -0.2) is 0 Å². The average molecular weight is 302 g/mol. The molecular weight excluding hydrogens is 289 g/mol. The van der Waals surface area contributed by atoms with E-state index in [0.717, 1.165) is 21.9 Å². The van der Waals surface area contributed by atoms with Gasteiger partial charge in [-0.05, 0) is 47.0 Å². The molecule has 0 radical (unpaired) electrons. The predicted molar refractivity (Wildman–Crippen MR) is 80.8 cm³/mol. The van der Waals surface area contributed by atoms with Crippen molar-refractivity contribution >= 4 is 10.8 Å². The third-order valence-corrected chi connectivity index (χ3v) is 3.42. The van der Waals surface area contributed by atoms with Crippen molar-refractivity contribution in [3.63, 3.8) is 0 Å². The van der Waals surface area contributed by atoms with Crippen molar-refractivity contribution in [2.45, 2.75) is 13.3 Å². The minimum atomic E-state index is -4.66. The van der Waals surface area contributed by atoms with E-state index in [1.807, 2.05) is 37.3 Å². The first-order valence-electron chi connectivity index (χ1n) is 6.77. The van der Waals surface area contributed by atoms with Crippen LogP contribution in [-0.2, 0) is 0 Å². The summed E-state index contributed by atoms with van der Waals surface area (Å²) in [5, 5.41) is 2.24. The molecule has 0 fully saturated rings. The molecule has 0 aliphatic heterocycles. The topological polar surface area (TPSA) is 9.23 Å². The van der Waals surface area contributed by atoms with Crippen LogP contribution >= 0.6 is 0 Å². The zero-order valence-electron chi connectivity index (χ0n) is 11.8. The maximum Gasteiger partial charge on any atom is 0.573 e. The third kappa shape index (κ3) is 3.22. The molecule has 0 saturated heterocycles. The quantitative estimate of drug-likeness (QED) is 0.589. The molecule has 0 aliphatic rings. The summed E-state index contributed by atoms with van der Waals surface area (Å²) in [5.74, 6) is -0.215. The normalized spacial score (nSPS) is 11.6. The molecular formula is C18H13F3O. The van der Waals surface area contributed by atoms with Gasteiger partial charge in [0.1, 0.15) is 5.75 Å². The summed E-state index contributed by atoms with van der Waals surface area (Å²) in [6, 6.07) is 18.0. The number of benzene rings is 3. The van der Waals surface area contributed by atoms with Gasteiger partial charge in [0.2, 0.25) is 0 Å². The first-order chi connectivity index (χ1) is 10.4. The van der Waals surface area contributed by atoms with Crippen molar-refractivity contribution in [1.29, 1.82) is 0 Å². The highest BCUT2D eigenvalue weighted by molar-refractivity contribution is 5.87. The Bertz CT molecular complexity index is 805. The zero-order chi connectivity index (χ0) is 15.7. The monoisotopic (exact) mass is 302 g/mol. The number of aryl methyl sites for hydroxylation is 1. The summed E-state index contributed by atoms with van der Waals surface area (Å²) in [7, 11) is 0. The highest BCUT2D eigenvalue weighted by Gasteiger charge is 2.30. The summed E-state index contributed by atoms with van der Waals surface area (Å²) >= 11 is 0. The van der Waals surface area contributed by atoms with Crippen LogP contribution in [0.5, 0.6) is 5.75 Å². The van der Waals surface area contributed by atoms with Crippen LogP contribution < -0.4 is 4.74 Å². The molecule has 0 bridgehead atoms. The molecule has 4 heteroatoms. The summed E-state index contributed by atoms with van der Waals surface area (Å²) < 4.78 is 40.3. The standard InChI is InChI=1S/C18H13F3O/c1-12-2-3-16-11-15(5-4-14(16)10-12)13-6-8-17(9-7-13)22-18(19,20)21/h2-11H,1H3. The van der Waals surface area contributed by atoms with Gasteiger partial charge < -0.3 is 4.74 Å². The molecule has 0 amide bonds. The first-order valence-corrected chi connectivity index (χ1v) is 6.77. The van der Waals surface area contributed by atoms with Crippen LogP contribution in [-0.4, -0.2) is 6.36 Å². The van der Waals surface area contributed by atoms with Crippen molar-refractivity contribution in [2.75, 3.05) is 0 Å². The van der Waals surface area contributed by atoms with Crippen LogP contribution in [0.4, 0.5) is 13.2 Å². The molecule has 0 aromatic heterocycles. The highest BCUT2D eigenvalue weighted by atomic mass is 19.4. The number of hydrogen-bond acceptors (Lipinski definition) is 1. The second-order valence-electron chi connectivity index (χ2n) is 5.14. The molecule has 0 saturated carbocycles. The smallest absolute Gasteiger partial charge is 0.406 e. The minimum Gasteiger partial charge on any atom is -0.406 e. The van der Waals surface area contributed by atoms with Gasteiger partial charge in [0.15, 0.2) is 0 Å². The molecule has 22 heavy (non-hydrogen) atoms. The Morgan fingerprint density at radius 1 is 0.727 bits per heavy atom. The lowest BCUT2D eigenvalue weighted by Gasteiger charge is -2.10. The molecule has 3 aromatic carbocycles. The fourth-order valence-corrected chi connectivity index (χ4v) is 2.39. The van der Waals surface area contributed by atoms with Crippen molar-refractivity contribution in [3.05, 3.63) is 66.2 Å². The van der Waals surface area contributed by atoms with Crippen LogP contribution in [0.3, 0.4) is 0 Å². The Kier molecular flexibility index (Phi) is 3.53. The van der Waals surface area contributed by atoms with Crippen LogP contribution in [0.25, 0.3) is 21.9 Å². The number of fused-ring (bicyclic) bond motifs is 1. The molecule has 0 atom stereocenters. The van der Waals surface area contributed by atoms with E-state index in [2.05, 4.69) is 10.8 Å². The first kappa shape index (κ1) is 14.4. The largest absolute Gasteiger partial charge is 0.573 e. The summed E-state index contributed by atoms with van der Waals surface area (Å²) in [4.78, 5) is 0. The minimum absolute atomic E-state index is 0.215. The van der Waals surface area contributed by atoms with Gasteiger partial charge in [0.25, 0.3) is 0 Å². The SMILES string of the molecule is Cc1ccc2cc(-c3ccc(OC(F)(F)F)cc3)ccc2c1. The van der Waals surface area contributed by atoms with E-state index in [4.69, 9.17) is 0 Å². The number of rotatable bonds is 2. The molecule has 0 aliphatic carbocycles. The van der Waals surface area contributed by atoms with Crippen molar-refractivity contribution in [1.82, 2.24) is 0 Å². The second kappa shape index (κ2) is 5.37. The van der Waals surface area contributed by atoms with E-state index < -0.39 is 6.36 Å². The Morgan fingerprint density at radius 2 is 1.32 bits per heavy atom. The van der Waals surface area contributed by atoms with Gasteiger partial charge >= 0.3 is 6.36 Å². The van der Waals surface area contributed by atoms with E-state index >= 15 is 0 Å². The lowest BCUT2D eigenvalue weighted by molar-refractivity contribution is -0.274. The predicted octanol–water partition coefficient (Wildman–Crippen LogP) is 5.71. The lowest BCUT2D eigenvalue weighted by Crippen LogP contribution is -2.16. The van der Waals surface area contributed by atoms with Gasteiger partial charge in [0.05, 0.1) is 0 Å². The number of halogens is 3. The van der Waals surface area contributed by atoms with Crippen molar-refractivity contribution in [3.8, 4) is 16.9 Å². The van der Waals surface area contributed by atoms with E-state index in [9.17, 15) is 13.2 Å². The Hall–Kier alpha value is -2.49. The van der Waals surface area contributed by atoms with E-state index in [0.29, 0.717) is 0 Å². The van der Waals surface area contributed by atoms with Gasteiger partial charge in [0, 0.05) is 0 Å². The average Bonchev–Trinajstić information content (AvgIpc) is 2.46. The van der Waals surface area contributed by atoms with Gasteiger partial charge in [-0.2, -0.15) is 0 Å². The second-order valence-corrected chi connectivity index (χ2v) is 5.14. The molecule has 112 valence electrons. The fraction of sp³-hybridized carbons (Fsp3) is 0.111. The number of ether oxygens (including phenoxy) is 1. The van der Waals surface area contributed by atoms with Gasteiger partial charge in [-0.3, -0.25) is 0 Å². The van der Waals surface area contributed by atoms with Crippen LogP contribution in [0.1, 0.15) is 5.56 Å². The molecule has 3 rings (SSSR count). The van der Waals surface area contributed by atoms with E-state index in [-0.39, 0.29) is 5.75 Å². The molecule has 0 unspecified atom stereocenters. The Morgan fingerprint density at radius 3 is 2.00 bits per heavy atom. The Balaban J connectivity index is 1.92. The summed E-state index contributed by atoms with van der Waals surface area (Å²) in [5.41, 5.74) is 2.99. The Labute approximate surface area is 126 Å². The molecule has 3 aromatic rings. The molecule has 0 N–H and O–H groups in total. The molecule has 1 nitrogen and oxygen atoms in total. The summed E-state index contributed by atoms with van der Waals surface area (Å²) in [6.07, 6.45) is -4.66. The number of alkyl halides is 3. The molecule has 0 spiro atoms. The van der Waals surface area contributed by atoms with Crippen LogP contribution in [0, 0.1) is 6.92 Å². The summed E-state index contributed by atoms with van der Waals surface area (Å²) in [6.45, 7) is 2.03. The fourth-order valence-electron chi connectivity index (χ4n) is 2.39. The van der Waals surface area contributed by atoms with Gasteiger partial charge in [-0.1, -0.05) is 48.0 Å². The van der Waals surface area contributed by atoms with Gasteiger partial charge in [-0.15, -0.1) is 13.2 Å². The maximum atomic E-state index is 12.1. The third-order valence-electron chi connectivity index (χ3n) is 3.42. The van der Waals surface area contributed by atoms with Crippen LogP contribution in [0.15, 0.2) is 60.7 Å². The van der Waals surface area contributed by atoms with Crippen molar-refractivity contribution in [2.24, 2.45) is 0 Å². The molecule has 0 heterocycles. The van der Waals surface area contributed by atoms with E-state index in [1.165, 1.54) is 17.7 Å². The maximum absolute atomic E-state index is 12.1. The highest BCUT2D eigenvalue weighted by Crippen LogP contribution is 2.28. The van der Waals surface area contributed by atoms with Crippen LogP contribution in [0.2, 0.25) is 0 Å². The lowest BCUT2D eigenvalue weighted by atomic mass is 10.0. The van der Waals surface area contributed by atoms with E-state index in [1.54, 1.807) is 12.1 Å².